The summed E-state index contributed by atoms with van der Waals surface area (Å²) < 4.78 is 13.0. The summed E-state index contributed by atoms with van der Waals surface area (Å²) in [7, 11) is 0. The van der Waals surface area contributed by atoms with Gasteiger partial charge < -0.3 is 0 Å². The highest BCUT2D eigenvalue weighted by molar-refractivity contribution is 7.19. The summed E-state index contributed by atoms with van der Waals surface area (Å²) in [6, 6.07) is 6.24. The summed E-state index contributed by atoms with van der Waals surface area (Å²) >= 11 is 1.78. The lowest BCUT2D eigenvalue weighted by molar-refractivity contribution is 0.184. The molecule has 1 aliphatic rings. The van der Waals surface area contributed by atoms with Crippen molar-refractivity contribution in [3.05, 3.63) is 52.4 Å². The van der Waals surface area contributed by atoms with Crippen molar-refractivity contribution in [3.8, 4) is 0 Å². The van der Waals surface area contributed by atoms with E-state index in [4.69, 9.17) is 0 Å². The monoisotopic (exact) mass is 396 g/mol. The van der Waals surface area contributed by atoms with Crippen LogP contribution in [0.25, 0.3) is 10.2 Å². The minimum atomic E-state index is -0.253. The van der Waals surface area contributed by atoms with Crippen LogP contribution in [0.2, 0.25) is 0 Å². The predicted octanol–water partition coefficient (Wildman–Crippen LogP) is 5.82. The first-order chi connectivity index (χ1) is 13.5. The van der Waals surface area contributed by atoms with Crippen molar-refractivity contribution in [2.24, 2.45) is 16.4 Å². The molecule has 1 N–H and O–H groups in total. The van der Waals surface area contributed by atoms with Crippen LogP contribution in [-0.2, 0) is 12.8 Å². The van der Waals surface area contributed by atoms with Gasteiger partial charge in [-0.1, -0.05) is 39.3 Å². The SMILES string of the molecule is CCC(C)(C)[C@@H]1CCc2sc3ncnc(N/N=C\c4ccc(F)cc4)c3c2C1. The molecule has 4 rings (SSSR count). The summed E-state index contributed by atoms with van der Waals surface area (Å²) in [5.41, 5.74) is 5.63. The van der Waals surface area contributed by atoms with Crippen LogP contribution in [0.4, 0.5) is 10.2 Å². The van der Waals surface area contributed by atoms with Crippen LogP contribution >= 0.6 is 11.3 Å². The molecule has 0 saturated carbocycles. The molecule has 0 saturated heterocycles. The van der Waals surface area contributed by atoms with Gasteiger partial charge in [0.1, 0.15) is 17.0 Å². The number of nitrogens with one attached hydrogen (secondary N) is 1. The maximum Gasteiger partial charge on any atom is 0.158 e. The van der Waals surface area contributed by atoms with Gasteiger partial charge in [0.2, 0.25) is 0 Å². The fourth-order valence-electron chi connectivity index (χ4n) is 3.87. The van der Waals surface area contributed by atoms with Gasteiger partial charge in [0.15, 0.2) is 5.82 Å². The summed E-state index contributed by atoms with van der Waals surface area (Å²) in [5.74, 6) is 1.16. The standard InChI is InChI=1S/C22H25FN4S/c1-4-22(2,3)15-7-10-18-17(11-15)19-20(24-13-25-21(19)28-18)27-26-12-14-5-8-16(23)9-6-14/h5-6,8-9,12-13,15H,4,7,10-11H2,1-3H3,(H,24,25,27)/b26-12-/t15-/m1/s1. The second-order valence-electron chi connectivity index (χ2n) is 8.11. The predicted molar refractivity (Wildman–Crippen MR) is 115 cm³/mol. The third-order valence-electron chi connectivity index (χ3n) is 6.11. The Morgan fingerprint density at radius 2 is 2.07 bits per heavy atom. The van der Waals surface area contributed by atoms with Gasteiger partial charge in [-0.25, -0.2) is 14.4 Å². The molecule has 4 nitrogen and oxygen atoms in total. The van der Waals surface area contributed by atoms with Crippen molar-refractivity contribution in [3.63, 3.8) is 0 Å². The number of thiophene rings is 1. The molecular weight excluding hydrogens is 371 g/mol. The Morgan fingerprint density at radius 1 is 1.29 bits per heavy atom. The van der Waals surface area contributed by atoms with E-state index in [2.05, 4.69) is 41.3 Å². The minimum Gasteiger partial charge on any atom is -0.261 e. The highest BCUT2D eigenvalue weighted by atomic mass is 32.1. The largest absolute Gasteiger partial charge is 0.261 e. The molecule has 6 heteroatoms. The number of benzene rings is 1. The van der Waals surface area contributed by atoms with Crippen LogP contribution in [-0.4, -0.2) is 16.2 Å². The fraction of sp³-hybridized carbons (Fsp3) is 0.409. The Labute approximate surface area is 168 Å². The summed E-state index contributed by atoms with van der Waals surface area (Å²) in [6.07, 6.45) is 7.86. The minimum absolute atomic E-state index is 0.253. The first-order valence-corrected chi connectivity index (χ1v) is 10.6. The van der Waals surface area contributed by atoms with Crippen molar-refractivity contribution >= 4 is 33.6 Å². The third kappa shape index (κ3) is 3.65. The Morgan fingerprint density at radius 3 is 2.82 bits per heavy atom. The number of halogens is 1. The summed E-state index contributed by atoms with van der Waals surface area (Å²) in [6.45, 7) is 7.03. The molecule has 1 aliphatic carbocycles. The Hall–Kier alpha value is -2.34. The Kier molecular flexibility index (Phi) is 5.15. The number of fused-ring (bicyclic) bond motifs is 3. The van der Waals surface area contributed by atoms with Crippen molar-refractivity contribution < 1.29 is 4.39 Å². The van der Waals surface area contributed by atoms with Gasteiger partial charge in [-0.3, -0.25) is 5.43 Å². The highest BCUT2D eigenvalue weighted by Crippen LogP contribution is 2.45. The molecule has 1 atom stereocenters. The molecule has 1 aromatic carbocycles. The van der Waals surface area contributed by atoms with Crippen LogP contribution < -0.4 is 5.43 Å². The molecule has 0 bridgehead atoms. The zero-order valence-corrected chi connectivity index (χ0v) is 17.3. The lowest BCUT2D eigenvalue weighted by atomic mass is 9.69. The lowest BCUT2D eigenvalue weighted by Crippen LogP contribution is -2.28. The molecule has 28 heavy (non-hydrogen) atoms. The second-order valence-corrected chi connectivity index (χ2v) is 9.19. The maximum atomic E-state index is 13.0. The van der Waals surface area contributed by atoms with Crippen molar-refractivity contribution in [1.82, 2.24) is 9.97 Å². The topological polar surface area (TPSA) is 50.2 Å². The van der Waals surface area contributed by atoms with E-state index < -0.39 is 0 Å². The van der Waals surface area contributed by atoms with E-state index in [0.717, 1.165) is 34.4 Å². The van der Waals surface area contributed by atoms with E-state index in [-0.39, 0.29) is 5.82 Å². The van der Waals surface area contributed by atoms with Gasteiger partial charge in [0.25, 0.3) is 0 Å². The molecular formula is C22H25FN4S. The Balaban J connectivity index is 1.63. The molecule has 0 spiro atoms. The highest BCUT2D eigenvalue weighted by Gasteiger charge is 2.33. The van der Waals surface area contributed by atoms with E-state index in [1.165, 1.54) is 35.4 Å². The number of hydrogen-bond donors (Lipinski definition) is 1. The molecule has 0 amide bonds. The van der Waals surface area contributed by atoms with Gasteiger partial charge in [-0.05, 0) is 53.9 Å². The first-order valence-electron chi connectivity index (χ1n) is 9.78. The lowest BCUT2D eigenvalue weighted by Gasteiger charge is -2.36. The second kappa shape index (κ2) is 7.59. The zero-order chi connectivity index (χ0) is 19.7. The number of aromatic nitrogens is 2. The van der Waals surface area contributed by atoms with Crippen molar-refractivity contribution in [1.29, 1.82) is 0 Å². The van der Waals surface area contributed by atoms with Gasteiger partial charge in [0.05, 0.1) is 11.6 Å². The van der Waals surface area contributed by atoms with Gasteiger partial charge >= 0.3 is 0 Å². The quantitative estimate of drug-likeness (QED) is 0.437. The van der Waals surface area contributed by atoms with Crippen molar-refractivity contribution in [2.75, 3.05) is 5.43 Å². The van der Waals surface area contributed by atoms with Gasteiger partial charge in [-0.2, -0.15) is 5.10 Å². The Bertz CT molecular complexity index is 1010. The van der Waals surface area contributed by atoms with Crippen LogP contribution in [0, 0.1) is 17.2 Å². The number of anilines is 1. The number of rotatable bonds is 5. The molecule has 146 valence electrons. The average molecular weight is 397 g/mol. The van der Waals surface area contributed by atoms with Gasteiger partial charge in [-0.15, -0.1) is 11.3 Å². The molecule has 0 unspecified atom stereocenters. The molecule has 2 heterocycles. The van der Waals surface area contributed by atoms with E-state index in [1.54, 1.807) is 36.0 Å². The molecule has 0 radical (unpaired) electrons. The number of hydrazone groups is 1. The summed E-state index contributed by atoms with van der Waals surface area (Å²) in [4.78, 5) is 11.4. The van der Waals surface area contributed by atoms with Crippen LogP contribution in [0.5, 0.6) is 0 Å². The normalized spacial score (nSPS) is 17.2. The third-order valence-corrected chi connectivity index (χ3v) is 7.31. The average Bonchev–Trinajstić information content (AvgIpc) is 3.08. The molecule has 3 aromatic rings. The first kappa shape index (κ1) is 19.0. The molecule has 0 aliphatic heterocycles. The fourth-order valence-corrected chi connectivity index (χ4v) is 5.05. The van der Waals surface area contributed by atoms with Crippen LogP contribution in [0.15, 0.2) is 35.7 Å². The maximum absolute atomic E-state index is 13.0. The van der Waals surface area contributed by atoms with E-state index >= 15 is 0 Å². The molecule has 0 fully saturated rings. The van der Waals surface area contributed by atoms with Crippen molar-refractivity contribution in [2.45, 2.75) is 46.5 Å². The number of aryl methyl sites for hydroxylation is 1. The number of hydrogen-bond acceptors (Lipinski definition) is 5. The van der Waals surface area contributed by atoms with Crippen LogP contribution in [0.3, 0.4) is 0 Å². The summed E-state index contributed by atoms with van der Waals surface area (Å²) in [5, 5.41) is 5.43. The zero-order valence-electron chi connectivity index (χ0n) is 16.5. The van der Waals surface area contributed by atoms with E-state index in [9.17, 15) is 4.39 Å². The van der Waals surface area contributed by atoms with E-state index in [1.807, 2.05) is 0 Å². The van der Waals surface area contributed by atoms with E-state index in [0.29, 0.717) is 11.3 Å². The van der Waals surface area contributed by atoms with Gasteiger partial charge in [0, 0.05) is 4.88 Å². The molecule has 2 aromatic heterocycles. The van der Waals surface area contributed by atoms with Crippen LogP contribution in [0.1, 0.15) is 49.6 Å². The smallest absolute Gasteiger partial charge is 0.158 e. The number of nitrogens with zero attached hydrogens (tertiary/aromatic N) is 3.